The zero-order chi connectivity index (χ0) is 12.4. The fourth-order valence-corrected chi connectivity index (χ4v) is 1.86. The Balaban J connectivity index is 2.35. The Labute approximate surface area is 103 Å². The molecule has 1 heteroatoms. The molecule has 0 radical (unpaired) electrons. The van der Waals surface area contributed by atoms with E-state index in [1.165, 1.54) is 22.3 Å². The molecular weight excluding hydrogens is 208 g/mol. The van der Waals surface area contributed by atoms with Crippen LogP contribution >= 0.6 is 0 Å². The summed E-state index contributed by atoms with van der Waals surface area (Å²) in [4.78, 5) is 0. The molecule has 0 aromatic heterocycles. The molecule has 0 atom stereocenters. The average Bonchev–Trinajstić information content (AvgIpc) is 2.28. The molecule has 0 aliphatic carbocycles. The van der Waals surface area contributed by atoms with Gasteiger partial charge >= 0.3 is 0 Å². The van der Waals surface area contributed by atoms with Crippen LogP contribution in [0.1, 0.15) is 22.3 Å². The van der Waals surface area contributed by atoms with Crippen LogP contribution in [0.15, 0.2) is 36.4 Å². The van der Waals surface area contributed by atoms with Crippen LogP contribution in [0, 0.1) is 27.7 Å². The van der Waals surface area contributed by atoms with Gasteiger partial charge in [0.25, 0.3) is 0 Å². The molecule has 2 aromatic carbocycles. The summed E-state index contributed by atoms with van der Waals surface area (Å²) < 4.78 is 5.98. The highest BCUT2D eigenvalue weighted by Crippen LogP contribution is 2.29. The summed E-state index contributed by atoms with van der Waals surface area (Å²) in [5.74, 6) is 1.88. The third-order valence-electron chi connectivity index (χ3n) is 3.11. The molecule has 17 heavy (non-hydrogen) atoms. The molecule has 1 nitrogen and oxygen atoms in total. The Morgan fingerprint density at radius 3 is 1.94 bits per heavy atom. The first kappa shape index (κ1) is 11.7. The third kappa shape index (κ3) is 2.50. The molecule has 0 spiro atoms. The quantitative estimate of drug-likeness (QED) is 0.720. The maximum Gasteiger partial charge on any atom is 0.133 e. The first-order valence-electron chi connectivity index (χ1n) is 5.89. The second kappa shape index (κ2) is 4.62. The number of ether oxygens (including phenoxy) is 1. The smallest absolute Gasteiger partial charge is 0.133 e. The number of para-hydroxylation sites is 1. The van der Waals surface area contributed by atoms with Crippen molar-refractivity contribution in [1.82, 2.24) is 0 Å². The van der Waals surface area contributed by atoms with Gasteiger partial charge in [-0.1, -0.05) is 24.3 Å². The molecular formula is C16H18O. The average molecular weight is 226 g/mol. The molecule has 0 N–H and O–H groups in total. The van der Waals surface area contributed by atoms with E-state index in [0.717, 1.165) is 11.5 Å². The van der Waals surface area contributed by atoms with Gasteiger partial charge in [-0.2, -0.15) is 0 Å². The van der Waals surface area contributed by atoms with Crippen molar-refractivity contribution in [3.63, 3.8) is 0 Å². The molecule has 0 fully saturated rings. The molecule has 0 amide bonds. The number of rotatable bonds is 2. The highest BCUT2D eigenvalue weighted by atomic mass is 16.5. The minimum absolute atomic E-state index is 0.908. The minimum atomic E-state index is 0.908. The van der Waals surface area contributed by atoms with Crippen LogP contribution in [-0.2, 0) is 0 Å². The lowest BCUT2D eigenvalue weighted by Crippen LogP contribution is -1.91. The van der Waals surface area contributed by atoms with E-state index in [4.69, 9.17) is 4.74 Å². The van der Waals surface area contributed by atoms with E-state index in [2.05, 4.69) is 58.0 Å². The zero-order valence-electron chi connectivity index (χ0n) is 10.9. The predicted octanol–water partition coefficient (Wildman–Crippen LogP) is 4.71. The van der Waals surface area contributed by atoms with Gasteiger partial charge in [-0.25, -0.2) is 0 Å². The second-order valence-corrected chi connectivity index (χ2v) is 4.57. The number of hydrogen-bond donors (Lipinski definition) is 0. The standard InChI is InChI=1S/C16H18O/c1-11-8-9-15(10-14(11)4)17-16-12(2)6-5-7-13(16)3/h5-10H,1-4H3. The van der Waals surface area contributed by atoms with Gasteiger partial charge in [-0.3, -0.25) is 0 Å². The summed E-state index contributed by atoms with van der Waals surface area (Å²) in [6, 6.07) is 12.4. The van der Waals surface area contributed by atoms with Gasteiger partial charge in [0, 0.05) is 0 Å². The molecule has 88 valence electrons. The van der Waals surface area contributed by atoms with E-state index in [0.29, 0.717) is 0 Å². The monoisotopic (exact) mass is 226 g/mol. The molecule has 0 saturated carbocycles. The van der Waals surface area contributed by atoms with Crippen molar-refractivity contribution in [3.8, 4) is 11.5 Å². The van der Waals surface area contributed by atoms with Crippen molar-refractivity contribution in [2.75, 3.05) is 0 Å². The summed E-state index contributed by atoms with van der Waals surface area (Å²) in [6.45, 7) is 8.36. The Morgan fingerprint density at radius 2 is 1.35 bits per heavy atom. The van der Waals surface area contributed by atoms with Crippen LogP contribution in [0.2, 0.25) is 0 Å². The molecule has 0 heterocycles. The summed E-state index contributed by atoms with van der Waals surface area (Å²) in [5, 5.41) is 0. The Kier molecular flexibility index (Phi) is 3.19. The topological polar surface area (TPSA) is 9.23 Å². The van der Waals surface area contributed by atoms with Crippen molar-refractivity contribution >= 4 is 0 Å². The van der Waals surface area contributed by atoms with Gasteiger partial charge in [0.15, 0.2) is 0 Å². The summed E-state index contributed by atoms with van der Waals surface area (Å²) in [6.07, 6.45) is 0. The summed E-state index contributed by atoms with van der Waals surface area (Å²) in [5.41, 5.74) is 4.89. The first-order valence-corrected chi connectivity index (χ1v) is 5.89. The number of benzene rings is 2. The van der Waals surface area contributed by atoms with Crippen molar-refractivity contribution in [2.45, 2.75) is 27.7 Å². The van der Waals surface area contributed by atoms with Gasteiger partial charge in [0.1, 0.15) is 11.5 Å². The van der Waals surface area contributed by atoms with Crippen molar-refractivity contribution < 1.29 is 4.74 Å². The number of aryl methyl sites for hydroxylation is 4. The van der Waals surface area contributed by atoms with Crippen LogP contribution in [-0.4, -0.2) is 0 Å². The molecule has 0 unspecified atom stereocenters. The van der Waals surface area contributed by atoms with Crippen LogP contribution in [0.25, 0.3) is 0 Å². The van der Waals surface area contributed by atoms with Gasteiger partial charge in [0.2, 0.25) is 0 Å². The van der Waals surface area contributed by atoms with Crippen molar-refractivity contribution in [1.29, 1.82) is 0 Å². The number of hydrogen-bond acceptors (Lipinski definition) is 1. The second-order valence-electron chi connectivity index (χ2n) is 4.57. The molecule has 0 aliphatic heterocycles. The summed E-state index contributed by atoms with van der Waals surface area (Å²) >= 11 is 0. The normalized spacial score (nSPS) is 10.4. The van der Waals surface area contributed by atoms with E-state index in [-0.39, 0.29) is 0 Å². The Morgan fingerprint density at radius 1 is 0.706 bits per heavy atom. The zero-order valence-corrected chi connectivity index (χ0v) is 10.9. The van der Waals surface area contributed by atoms with E-state index in [1.807, 2.05) is 6.07 Å². The highest BCUT2D eigenvalue weighted by Gasteiger charge is 2.05. The van der Waals surface area contributed by atoms with E-state index in [1.54, 1.807) is 0 Å². The Hall–Kier alpha value is -1.76. The fraction of sp³-hybridized carbons (Fsp3) is 0.250. The van der Waals surface area contributed by atoms with Crippen LogP contribution in [0.4, 0.5) is 0 Å². The highest BCUT2D eigenvalue weighted by molar-refractivity contribution is 5.44. The molecule has 2 rings (SSSR count). The lowest BCUT2D eigenvalue weighted by Gasteiger charge is -2.12. The van der Waals surface area contributed by atoms with Crippen LogP contribution < -0.4 is 4.74 Å². The van der Waals surface area contributed by atoms with Gasteiger partial charge in [-0.05, 0) is 62.1 Å². The van der Waals surface area contributed by atoms with Crippen molar-refractivity contribution in [2.24, 2.45) is 0 Å². The van der Waals surface area contributed by atoms with Gasteiger partial charge in [0.05, 0.1) is 0 Å². The SMILES string of the molecule is Cc1ccc(Oc2c(C)cccc2C)cc1C. The van der Waals surface area contributed by atoms with Crippen LogP contribution in [0.5, 0.6) is 11.5 Å². The minimum Gasteiger partial charge on any atom is -0.457 e. The predicted molar refractivity (Wildman–Crippen MR) is 71.9 cm³/mol. The van der Waals surface area contributed by atoms with E-state index >= 15 is 0 Å². The summed E-state index contributed by atoms with van der Waals surface area (Å²) in [7, 11) is 0. The molecule has 0 saturated heterocycles. The first-order chi connectivity index (χ1) is 8.08. The lowest BCUT2D eigenvalue weighted by atomic mass is 10.1. The van der Waals surface area contributed by atoms with Gasteiger partial charge < -0.3 is 4.74 Å². The molecule has 2 aromatic rings. The largest absolute Gasteiger partial charge is 0.457 e. The van der Waals surface area contributed by atoms with Crippen LogP contribution in [0.3, 0.4) is 0 Å². The maximum atomic E-state index is 5.98. The maximum absolute atomic E-state index is 5.98. The van der Waals surface area contributed by atoms with Crippen molar-refractivity contribution in [3.05, 3.63) is 58.7 Å². The van der Waals surface area contributed by atoms with Gasteiger partial charge in [-0.15, -0.1) is 0 Å². The Bertz CT molecular complexity index is 521. The molecule has 0 aliphatic rings. The third-order valence-corrected chi connectivity index (χ3v) is 3.11. The molecule has 0 bridgehead atoms. The lowest BCUT2D eigenvalue weighted by molar-refractivity contribution is 0.474. The van der Waals surface area contributed by atoms with E-state index in [9.17, 15) is 0 Å². The fourth-order valence-electron chi connectivity index (χ4n) is 1.86. The van der Waals surface area contributed by atoms with E-state index < -0.39 is 0 Å².